The number of allylic oxidation sites excluding steroid dienone is 5. The average molecular weight is 661 g/mol. The molecule has 2 aliphatic carbocycles. The quantitative estimate of drug-likeness (QED) is 0.190. The van der Waals surface area contributed by atoms with Gasteiger partial charge in [0.05, 0.1) is 0 Å². The van der Waals surface area contributed by atoms with Crippen molar-refractivity contribution >= 4 is 43.8 Å². The molecule has 4 aromatic carbocycles. The molecule has 0 saturated carbocycles. The van der Waals surface area contributed by atoms with Crippen LogP contribution in [0.2, 0.25) is 0 Å². The van der Waals surface area contributed by atoms with Gasteiger partial charge in [-0.05, 0) is 0 Å². The Hall–Kier alpha value is -2.22. The van der Waals surface area contributed by atoms with Crippen LogP contribution in [-0.2, 0) is 17.4 Å². The fraction of sp³-hybridized carbons (Fsp3) is 0.167. The number of hydrogen-bond donors (Lipinski definition) is 0. The minimum absolute atomic E-state index is 0. The van der Waals surface area contributed by atoms with Crippen LogP contribution in [0.3, 0.4) is 0 Å². The molecule has 0 radical (unpaired) electrons. The molecule has 2 aliphatic rings. The van der Waals surface area contributed by atoms with Crippen LogP contribution in [0.5, 0.6) is 0 Å². The zero-order valence-corrected chi connectivity index (χ0v) is 29.2. The monoisotopic (exact) mass is 658 g/mol. The van der Waals surface area contributed by atoms with Crippen LogP contribution in [0, 0.1) is 5.92 Å². The molecule has 0 N–H and O–H groups in total. The smallest absolute Gasteiger partial charge is 0.147 e. The maximum atomic E-state index is 2.67. The molecule has 0 aromatic heterocycles. The van der Waals surface area contributed by atoms with Gasteiger partial charge in [0.2, 0.25) is 0 Å². The van der Waals surface area contributed by atoms with Crippen molar-refractivity contribution in [1.82, 2.24) is 0 Å². The summed E-state index contributed by atoms with van der Waals surface area (Å²) in [5.41, 5.74) is 10.1. The molecule has 0 amide bonds. The summed E-state index contributed by atoms with van der Waals surface area (Å²) in [6.45, 7) is 12.0. The number of benzene rings is 4. The fourth-order valence-corrected chi connectivity index (χ4v) is 34.6. The van der Waals surface area contributed by atoms with Gasteiger partial charge in [-0.15, -0.1) is 24.8 Å². The van der Waals surface area contributed by atoms with Gasteiger partial charge in [-0.25, -0.2) is 0 Å². The Morgan fingerprint density at radius 1 is 0.600 bits per heavy atom. The van der Waals surface area contributed by atoms with Gasteiger partial charge in [-0.3, -0.25) is 0 Å². The van der Waals surface area contributed by atoms with E-state index in [0.29, 0.717) is 9.54 Å². The van der Waals surface area contributed by atoms with Gasteiger partial charge in [0.1, 0.15) is 0 Å². The summed E-state index contributed by atoms with van der Waals surface area (Å²) in [6, 6.07) is 43.5. The van der Waals surface area contributed by atoms with Crippen molar-refractivity contribution in [3.63, 3.8) is 0 Å². The van der Waals surface area contributed by atoms with Gasteiger partial charge >= 0.3 is 232 Å². The van der Waals surface area contributed by atoms with Crippen molar-refractivity contribution in [2.45, 2.75) is 31.3 Å². The molecular weight excluding hydrogens is 623 g/mol. The predicted molar refractivity (Wildman–Crippen MR) is 178 cm³/mol. The van der Waals surface area contributed by atoms with E-state index in [0.717, 1.165) is 0 Å². The van der Waals surface area contributed by atoms with Crippen LogP contribution in [0.1, 0.15) is 48.0 Å². The second-order valence-electron chi connectivity index (χ2n) is 11.4. The first-order chi connectivity index (χ1) is 18.4. The van der Waals surface area contributed by atoms with E-state index < -0.39 is 17.4 Å². The Bertz CT molecular complexity index is 1660. The average Bonchev–Trinajstić information content (AvgIpc) is 3.46. The molecule has 6 rings (SSSR count). The largest absolute Gasteiger partial charge is 0.147 e. The summed E-state index contributed by atoms with van der Waals surface area (Å²) in [6.07, 6.45) is 2.67. The first kappa shape index (κ1) is 30.7. The van der Waals surface area contributed by atoms with Gasteiger partial charge in [0.15, 0.2) is 0 Å². The van der Waals surface area contributed by atoms with Crippen molar-refractivity contribution in [2.75, 3.05) is 0 Å². The number of hydrogen-bond acceptors (Lipinski definition) is 0. The Labute approximate surface area is 254 Å². The molecule has 0 bridgehead atoms. The topological polar surface area (TPSA) is 0 Å². The van der Waals surface area contributed by atoms with Gasteiger partial charge in [-0.2, -0.15) is 0 Å². The Morgan fingerprint density at radius 2 is 1.07 bits per heavy atom. The minimum Gasteiger partial charge on any atom is -0.147 e. The maximum Gasteiger partial charge on any atom is -0.147 e. The van der Waals surface area contributed by atoms with E-state index in [4.69, 9.17) is 0 Å². The van der Waals surface area contributed by atoms with Crippen LogP contribution in [-0.4, -0.2) is 6.88 Å². The van der Waals surface area contributed by atoms with Crippen LogP contribution in [0.15, 0.2) is 141 Å². The predicted octanol–water partition coefficient (Wildman–Crippen LogP) is 8.17. The van der Waals surface area contributed by atoms with Gasteiger partial charge in [0, 0.05) is 0 Å². The SMILES string of the molecule is CC1=C(C)C(C)[C]([Zr](=[SiH2])([c]2ccccc2)([c]2ccccc2)[CH]2C=C(c3ccccc3)c3ccccc32)=C1C.Cl.Cl. The fourth-order valence-electron chi connectivity index (χ4n) is 7.69. The zero-order chi connectivity index (χ0) is 26.5. The van der Waals surface area contributed by atoms with E-state index in [-0.39, 0.29) is 24.8 Å². The molecule has 0 fully saturated rings. The van der Waals surface area contributed by atoms with Crippen LogP contribution >= 0.6 is 24.8 Å². The molecule has 0 saturated heterocycles. The zero-order valence-electron chi connectivity index (χ0n) is 23.7. The number of rotatable bonds is 5. The Balaban J connectivity index is 0.00000185. The van der Waals surface area contributed by atoms with Crippen LogP contribution < -0.4 is 6.54 Å². The Morgan fingerprint density at radius 3 is 1.57 bits per heavy atom. The van der Waals surface area contributed by atoms with E-state index in [9.17, 15) is 0 Å². The molecule has 204 valence electrons. The summed E-state index contributed by atoms with van der Waals surface area (Å²) in [7, 11) is 0. The second kappa shape index (κ2) is 11.6. The summed E-state index contributed by atoms with van der Waals surface area (Å²) in [4.78, 5) is 0. The van der Waals surface area contributed by atoms with Crippen molar-refractivity contribution in [3.8, 4) is 0 Å². The number of halogens is 2. The number of fused-ring (bicyclic) bond motifs is 1. The first-order valence-electron chi connectivity index (χ1n) is 13.8. The molecular formula is C36H38Cl2SiZr. The van der Waals surface area contributed by atoms with Crippen molar-refractivity contribution in [3.05, 3.63) is 158 Å². The molecule has 4 heteroatoms. The summed E-state index contributed by atoms with van der Waals surface area (Å²) in [5, 5.41) is 0. The first-order valence-corrected chi connectivity index (χ1v) is 24.8. The van der Waals surface area contributed by atoms with Crippen molar-refractivity contribution in [2.24, 2.45) is 5.92 Å². The molecule has 0 heterocycles. The van der Waals surface area contributed by atoms with E-state index in [1.807, 2.05) is 0 Å². The summed E-state index contributed by atoms with van der Waals surface area (Å²) < 4.78 is 5.19. The van der Waals surface area contributed by atoms with Crippen LogP contribution in [0.25, 0.3) is 5.57 Å². The van der Waals surface area contributed by atoms with E-state index >= 15 is 0 Å². The van der Waals surface area contributed by atoms with E-state index in [2.05, 4.69) is 156 Å². The molecule has 0 aliphatic heterocycles. The molecule has 2 unspecified atom stereocenters. The van der Waals surface area contributed by atoms with Crippen LogP contribution in [0.4, 0.5) is 0 Å². The third kappa shape index (κ3) is 4.26. The molecule has 40 heavy (non-hydrogen) atoms. The van der Waals surface area contributed by atoms with E-state index in [1.165, 1.54) is 39.0 Å². The molecule has 2 atom stereocenters. The second-order valence-corrected chi connectivity index (χ2v) is 33.3. The molecule has 0 nitrogen and oxygen atoms in total. The van der Waals surface area contributed by atoms with Gasteiger partial charge in [-0.1, -0.05) is 0 Å². The Kier molecular flexibility index (Phi) is 8.89. The maximum absolute atomic E-state index is 4.41. The van der Waals surface area contributed by atoms with Gasteiger partial charge in [0.25, 0.3) is 0 Å². The third-order valence-electron chi connectivity index (χ3n) is 9.81. The normalized spacial score (nSPS) is 18.6. The minimum atomic E-state index is -4.41. The van der Waals surface area contributed by atoms with Crippen molar-refractivity contribution < 1.29 is 17.4 Å². The van der Waals surface area contributed by atoms with Crippen molar-refractivity contribution in [1.29, 1.82) is 0 Å². The summed E-state index contributed by atoms with van der Waals surface area (Å²) >= 11 is -4.41. The standard InChI is InChI=1S/C15H11.C9H13.2C6H5.2ClH.H2Si.Zr/c1-2-6-12(7-3-1)15-11-10-13-8-4-5-9-14(13)15;1-6-5-7(2)9(4)8(6)3;2*1-2-4-6-5-3-1;;;;/h1-11H;6H,1-4H3;2*1-5H;2*1H;1H2;. The third-order valence-corrected chi connectivity index (χ3v) is 37.2. The molecule has 4 aromatic rings. The van der Waals surface area contributed by atoms with Gasteiger partial charge < -0.3 is 0 Å². The summed E-state index contributed by atoms with van der Waals surface area (Å²) in [5.74, 6) is 0.430. The van der Waals surface area contributed by atoms with E-state index in [1.54, 1.807) is 9.82 Å². The molecule has 0 spiro atoms.